The number of carbonyl (C=O) groups excluding carboxylic acids is 1. The van der Waals surface area contributed by atoms with Gasteiger partial charge in [-0.2, -0.15) is 0 Å². The van der Waals surface area contributed by atoms with Crippen LogP contribution in [0.15, 0.2) is 42.5 Å². The van der Waals surface area contributed by atoms with Crippen molar-refractivity contribution in [2.45, 2.75) is 6.04 Å². The number of carbonyl (C=O) groups is 1. The smallest absolute Gasteiger partial charge is 0.244 e. The van der Waals surface area contributed by atoms with Crippen LogP contribution in [0.4, 0.5) is 14.5 Å². The standard InChI is InChI=1S/C14H12F2N2O2/c15-8-1-4-10(5-2-8)18-13(14(17)20)11-7-9(16)3-6-12(11)19/h1-7,13,18-19H,(H2,17,20). The molecule has 2 rings (SSSR count). The molecule has 1 unspecified atom stereocenters. The Kier molecular flexibility index (Phi) is 3.84. The maximum atomic E-state index is 13.2. The van der Waals surface area contributed by atoms with Crippen molar-refractivity contribution in [2.75, 3.05) is 5.32 Å². The van der Waals surface area contributed by atoms with Gasteiger partial charge >= 0.3 is 0 Å². The van der Waals surface area contributed by atoms with Gasteiger partial charge in [-0.25, -0.2) is 8.78 Å². The number of nitrogens with one attached hydrogen (secondary N) is 1. The third kappa shape index (κ3) is 3.03. The molecule has 20 heavy (non-hydrogen) atoms. The molecule has 6 heteroatoms. The highest BCUT2D eigenvalue weighted by Gasteiger charge is 2.21. The van der Waals surface area contributed by atoms with Gasteiger partial charge in [-0.05, 0) is 42.5 Å². The molecule has 0 saturated carbocycles. The average molecular weight is 278 g/mol. The fourth-order valence-electron chi connectivity index (χ4n) is 1.77. The van der Waals surface area contributed by atoms with Gasteiger partial charge in [0.05, 0.1) is 0 Å². The number of hydrogen-bond acceptors (Lipinski definition) is 3. The molecule has 0 aromatic heterocycles. The molecule has 0 fully saturated rings. The van der Waals surface area contributed by atoms with Crippen LogP contribution in [0.5, 0.6) is 5.75 Å². The molecule has 1 atom stereocenters. The molecular formula is C14H12F2N2O2. The zero-order chi connectivity index (χ0) is 14.7. The molecule has 0 radical (unpaired) electrons. The molecule has 0 spiro atoms. The Labute approximate surface area is 113 Å². The van der Waals surface area contributed by atoms with Crippen LogP contribution in [0.1, 0.15) is 11.6 Å². The Bertz CT molecular complexity index is 630. The van der Waals surface area contributed by atoms with Crippen molar-refractivity contribution in [3.8, 4) is 5.75 Å². The van der Waals surface area contributed by atoms with Crippen LogP contribution in [0.2, 0.25) is 0 Å². The van der Waals surface area contributed by atoms with E-state index in [1.807, 2.05) is 0 Å². The molecule has 2 aromatic rings. The van der Waals surface area contributed by atoms with Gasteiger partial charge in [0.25, 0.3) is 0 Å². The molecule has 0 aliphatic carbocycles. The summed E-state index contributed by atoms with van der Waals surface area (Å²) in [5.41, 5.74) is 5.69. The van der Waals surface area contributed by atoms with Crippen molar-refractivity contribution >= 4 is 11.6 Å². The van der Waals surface area contributed by atoms with Gasteiger partial charge in [0.2, 0.25) is 5.91 Å². The summed E-state index contributed by atoms with van der Waals surface area (Å²) >= 11 is 0. The first-order chi connectivity index (χ1) is 9.47. The van der Waals surface area contributed by atoms with Crippen LogP contribution < -0.4 is 11.1 Å². The number of aromatic hydroxyl groups is 1. The predicted octanol–water partition coefficient (Wildman–Crippen LogP) is 2.31. The number of primary amides is 1. The Morgan fingerprint density at radius 2 is 1.70 bits per heavy atom. The zero-order valence-corrected chi connectivity index (χ0v) is 10.3. The van der Waals surface area contributed by atoms with E-state index in [2.05, 4.69) is 5.32 Å². The van der Waals surface area contributed by atoms with Crippen LogP contribution in [-0.2, 0) is 4.79 Å². The molecule has 4 nitrogen and oxygen atoms in total. The first-order valence-corrected chi connectivity index (χ1v) is 5.77. The molecule has 0 saturated heterocycles. The second kappa shape index (κ2) is 5.56. The van der Waals surface area contributed by atoms with Crippen LogP contribution in [-0.4, -0.2) is 11.0 Å². The third-order valence-corrected chi connectivity index (χ3v) is 2.74. The van der Waals surface area contributed by atoms with Crippen LogP contribution >= 0.6 is 0 Å². The zero-order valence-electron chi connectivity index (χ0n) is 10.3. The van der Waals surface area contributed by atoms with Gasteiger partial charge < -0.3 is 16.2 Å². The second-order valence-electron chi connectivity index (χ2n) is 4.19. The Balaban J connectivity index is 2.34. The van der Waals surface area contributed by atoms with E-state index in [-0.39, 0.29) is 11.3 Å². The van der Waals surface area contributed by atoms with Gasteiger partial charge in [-0.1, -0.05) is 0 Å². The summed E-state index contributed by atoms with van der Waals surface area (Å²) in [6.07, 6.45) is 0. The quantitative estimate of drug-likeness (QED) is 0.803. The van der Waals surface area contributed by atoms with Crippen molar-refractivity contribution in [3.05, 3.63) is 59.7 Å². The highest BCUT2D eigenvalue weighted by molar-refractivity contribution is 5.85. The summed E-state index contributed by atoms with van der Waals surface area (Å²) < 4.78 is 26.0. The normalized spacial score (nSPS) is 11.9. The molecule has 1 amide bonds. The molecule has 0 bridgehead atoms. The highest BCUT2D eigenvalue weighted by Crippen LogP contribution is 2.28. The predicted molar refractivity (Wildman–Crippen MR) is 70.0 cm³/mol. The fraction of sp³-hybridized carbons (Fsp3) is 0.0714. The molecular weight excluding hydrogens is 266 g/mol. The Morgan fingerprint density at radius 3 is 2.30 bits per heavy atom. The summed E-state index contributed by atoms with van der Waals surface area (Å²) in [6, 6.07) is 7.29. The first kappa shape index (κ1) is 13.8. The fourth-order valence-corrected chi connectivity index (χ4v) is 1.77. The molecule has 104 valence electrons. The van der Waals surface area contributed by atoms with E-state index in [0.29, 0.717) is 5.69 Å². The minimum absolute atomic E-state index is 0.0156. The number of halogens is 2. The highest BCUT2D eigenvalue weighted by atomic mass is 19.1. The number of amides is 1. The van der Waals surface area contributed by atoms with Gasteiger partial charge in [-0.3, -0.25) is 4.79 Å². The SMILES string of the molecule is NC(=O)C(Nc1ccc(F)cc1)c1cc(F)ccc1O. The van der Waals surface area contributed by atoms with E-state index < -0.39 is 23.6 Å². The minimum atomic E-state index is -1.13. The summed E-state index contributed by atoms with van der Waals surface area (Å²) in [7, 11) is 0. The number of phenolic OH excluding ortho intramolecular Hbond substituents is 1. The number of phenols is 1. The summed E-state index contributed by atoms with van der Waals surface area (Å²) in [5, 5.41) is 12.4. The van der Waals surface area contributed by atoms with Crippen molar-refractivity contribution in [1.29, 1.82) is 0 Å². The summed E-state index contributed by atoms with van der Waals surface area (Å²) in [4.78, 5) is 11.5. The number of benzene rings is 2. The van der Waals surface area contributed by atoms with E-state index in [0.717, 1.165) is 18.2 Å². The minimum Gasteiger partial charge on any atom is -0.508 e. The van der Waals surface area contributed by atoms with Gasteiger partial charge in [0.15, 0.2) is 0 Å². The van der Waals surface area contributed by atoms with Crippen LogP contribution in [0.25, 0.3) is 0 Å². The monoisotopic (exact) mass is 278 g/mol. The summed E-state index contributed by atoms with van der Waals surface area (Å²) in [6.45, 7) is 0. The molecule has 0 heterocycles. The van der Waals surface area contributed by atoms with Crippen LogP contribution in [0.3, 0.4) is 0 Å². The van der Waals surface area contributed by atoms with Gasteiger partial charge in [0.1, 0.15) is 23.4 Å². The Hall–Kier alpha value is -2.63. The van der Waals surface area contributed by atoms with Crippen molar-refractivity contribution in [2.24, 2.45) is 5.73 Å². The summed E-state index contributed by atoms with van der Waals surface area (Å²) in [5.74, 6) is -2.09. The van der Waals surface area contributed by atoms with Gasteiger partial charge in [-0.15, -0.1) is 0 Å². The maximum Gasteiger partial charge on any atom is 0.244 e. The van der Waals surface area contributed by atoms with E-state index in [1.54, 1.807) is 0 Å². The van der Waals surface area contributed by atoms with E-state index >= 15 is 0 Å². The number of nitrogens with two attached hydrogens (primary N) is 1. The lowest BCUT2D eigenvalue weighted by molar-refractivity contribution is -0.118. The van der Waals surface area contributed by atoms with Crippen molar-refractivity contribution in [3.63, 3.8) is 0 Å². The van der Waals surface area contributed by atoms with Crippen LogP contribution in [0, 0.1) is 11.6 Å². The molecule has 0 aliphatic heterocycles. The van der Waals surface area contributed by atoms with Crippen molar-refractivity contribution < 1.29 is 18.7 Å². The largest absolute Gasteiger partial charge is 0.508 e. The van der Waals surface area contributed by atoms with Gasteiger partial charge in [0, 0.05) is 11.3 Å². The second-order valence-corrected chi connectivity index (χ2v) is 4.19. The Morgan fingerprint density at radius 1 is 1.10 bits per heavy atom. The van der Waals surface area contributed by atoms with E-state index in [4.69, 9.17) is 5.73 Å². The molecule has 0 aliphatic rings. The average Bonchev–Trinajstić information content (AvgIpc) is 2.41. The lowest BCUT2D eigenvalue weighted by atomic mass is 10.0. The maximum absolute atomic E-state index is 13.2. The lowest BCUT2D eigenvalue weighted by Gasteiger charge is -2.18. The number of rotatable bonds is 4. The third-order valence-electron chi connectivity index (χ3n) is 2.74. The molecule has 2 aromatic carbocycles. The first-order valence-electron chi connectivity index (χ1n) is 5.77. The van der Waals surface area contributed by atoms with E-state index in [1.165, 1.54) is 24.3 Å². The lowest BCUT2D eigenvalue weighted by Crippen LogP contribution is -2.27. The topological polar surface area (TPSA) is 75.4 Å². The molecule has 4 N–H and O–H groups in total. The number of hydrogen-bond donors (Lipinski definition) is 3. The van der Waals surface area contributed by atoms with E-state index in [9.17, 15) is 18.7 Å². The number of anilines is 1. The van der Waals surface area contributed by atoms with Crippen molar-refractivity contribution in [1.82, 2.24) is 0 Å².